The first kappa shape index (κ1) is 11.7. The Labute approximate surface area is 101 Å². The molecule has 14 heavy (non-hydrogen) atoms. The summed E-state index contributed by atoms with van der Waals surface area (Å²) in [5.41, 5.74) is 0.992. The first-order chi connectivity index (χ1) is 6.74. The Morgan fingerprint density at radius 1 is 1.50 bits per heavy atom. The van der Waals surface area contributed by atoms with E-state index in [1.807, 2.05) is 13.0 Å². The molecule has 1 heterocycles. The normalized spacial score (nSPS) is 9.36. The molecular formula is C10H10Br2N2. The molecule has 1 rings (SSSR count). The minimum Gasteiger partial charge on any atom is -0.300 e. The molecule has 0 bridgehead atoms. The van der Waals surface area contributed by atoms with Gasteiger partial charge in [0.25, 0.3) is 0 Å². The second-order valence-electron chi connectivity index (χ2n) is 2.61. The van der Waals surface area contributed by atoms with Crippen LogP contribution in [0, 0.1) is 11.8 Å². The topological polar surface area (TPSA) is 24.9 Å². The summed E-state index contributed by atoms with van der Waals surface area (Å²) in [7, 11) is 0. The maximum atomic E-state index is 4.27. The number of nitrogens with one attached hydrogen (secondary N) is 1. The van der Waals surface area contributed by atoms with Crippen molar-refractivity contribution in [1.82, 2.24) is 10.3 Å². The molecule has 0 atom stereocenters. The highest BCUT2D eigenvalue weighted by atomic mass is 79.9. The molecule has 1 N–H and O–H groups in total. The van der Waals surface area contributed by atoms with E-state index in [4.69, 9.17) is 0 Å². The van der Waals surface area contributed by atoms with E-state index in [9.17, 15) is 0 Å². The highest BCUT2D eigenvalue weighted by Crippen LogP contribution is 2.19. The highest BCUT2D eigenvalue weighted by molar-refractivity contribution is 9.11. The van der Waals surface area contributed by atoms with E-state index in [0.29, 0.717) is 6.54 Å². The zero-order valence-corrected chi connectivity index (χ0v) is 10.9. The Morgan fingerprint density at radius 2 is 2.29 bits per heavy atom. The molecule has 0 spiro atoms. The van der Waals surface area contributed by atoms with Gasteiger partial charge < -0.3 is 5.32 Å². The Hall–Kier alpha value is -0.370. The Morgan fingerprint density at radius 3 is 2.93 bits per heavy atom. The SMILES string of the molecule is CC#CCNCc1ncc(Br)cc1Br. The number of nitrogens with zero attached hydrogens (tertiary/aromatic N) is 1. The first-order valence-corrected chi connectivity index (χ1v) is 5.73. The number of pyridine rings is 1. The Kier molecular flexibility index (Phi) is 5.16. The molecule has 1 aromatic rings. The lowest BCUT2D eigenvalue weighted by Crippen LogP contribution is -2.14. The van der Waals surface area contributed by atoms with Gasteiger partial charge in [-0.1, -0.05) is 5.92 Å². The zero-order valence-electron chi connectivity index (χ0n) is 7.77. The van der Waals surface area contributed by atoms with Gasteiger partial charge in [-0.3, -0.25) is 4.98 Å². The van der Waals surface area contributed by atoms with Gasteiger partial charge >= 0.3 is 0 Å². The van der Waals surface area contributed by atoms with Crippen molar-refractivity contribution in [3.8, 4) is 11.8 Å². The lowest BCUT2D eigenvalue weighted by Gasteiger charge is -2.03. The van der Waals surface area contributed by atoms with E-state index in [1.165, 1.54) is 0 Å². The van der Waals surface area contributed by atoms with Gasteiger partial charge in [0.1, 0.15) is 0 Å². The molecule has 0 aliphatic carbocycles. The molecule has 0 fully saturated rings. The Balaban J connectivity index is 2.53. The van der Waals surface area contributed by atoms with Crippen LogP contribution in [0.25, 0.3) is 0 Å². The van der Waals surface area contributed by atoms with Crippen LogP contribution >= 0.6 is 31.9 Å². The van der Waals surface area contributed by atoms with Crippen LogP contribution in [0.4, 0.5) is 0 Å². The van der Waals surface area contributed by atoms with Crippen molar-refractivity contribution in [3.05, 3.63) is 26.9 Å². The average Bonchev–Trinajstić information content (AvgIpc) is 2.15. The summed E-state index contributed by atoms with van der Waals surface area (Å²) in [5, 5.41) is 3.18. The largest absolute Gasteiger partial charge is 0.300 e. The lowest BCUT2D eigenvalue weighted by atomic mass is 10.3. The van der Waals surface area contributed by atoms with E-state index in [-0.39, 0.29) is 0 Å². The van der Waals surface area contributed by atoms with Gasteiger partial charge in [0.05, 0.1) is 12.2 Å². The summed E-state index contributed by atoms with van der Waals surface area (Å²) < 4.78 is 1.98. The van der Waals surface area contributed by atoms with Crippen molar-refractivity contribution in [1.29, 1.82) is 0 Å². The van der Waals surface area contributed by atoms with Crippen LogP contribution in [0.3, 0.4) is 0 Å². The van der Waals surface area contributed by atoms with E-state index in [2.05, 4.69) is 54.0 Å². The fourth-order valence-electron chi connectivity index (χ4n) is 0.905. The summed E-state index contributed by atoms with van der Waals surface area (Å²) in [6.45, 7) is 3.25. The van der Waals surface area contributed by atoms with E-state index in [1.54, 1.807) is 6.20 Å². The van der Waals surface area contributed by atoms with Crippen molar-refractivity contribution in [2.45, 2.75) is 13.5 Å². The molecule has 2 nitrogen and oxygen atoms in total. The van der Waals surface area contributed by atoms with Crippen LogP contribution in [0.1, 0.15) is 12.6 Å². The van der Waals surface area contributed by atoms with Crippen LogP contribution < -0.4 is 5.32 Å². The van der Waals surface area contributed by atoms with Gasteiger partial charge in [-0.2, -0.15) is 0 Å². The molecular weight excluding hydrogens is 308 g/mol. The fraction of sp³-hybridized carbons (Fsp3) is 0.300. The third-order valence-electron chi connectivity index (χ3n) is 1.57. The van der Waals surface area contributed by atoms with Gasteiger partial charge in [0.2, 0.25) is 0 Å². The maximum Gasteiger partial charge on any atom is 0.0684 e. The van der Waals surface area contributed by atoms with Gasteiger partial charge in [-0.15, -0.1) is 5.92 Å². The van der Waals surface area contributed by atoms with Crippen molar-refractivity contribution in [2.24, 2.45) is 0 Å². The van der Waals surface area contributed by atoms with Crippen LogP contribution in [0.5, 0.6) is 0 Å². The summed E-state index contributed by atoms with van der Waals surface area (Å²) >= 11 is 6.80. The van der Waals surface area contributed by atoms with E-state index < -0.39 is 0 Å². The molecule has 0 radical (unpaired) electrons. The van der Waals surface area contributed by atoms with Crippen LogP contribution in [0.2, 0.25) is 0 Å². The summed E-state index contributed by atoms with van der Waals surface area (Å²) in [6, 6.07) is 1.98. The van der Waals surface area contributed by atoms with Crippen molar-refractivity contribution in [3.63, 3.8) is 0 Å². The van der Waals surface area contributed by atoms with Crippen molar-refractivity contribution < 1.29 is 0 Å². The molecule has 0 aliphatic rings. The number of hydrogen-bond acceptors (Lipinski definition) is 2. The van der Waals surface area contributed by atoms with E-state index >= 15 is 0 Å². The molecule has 0 aliphatic heterocycles. The number of rotatable bonds is 3. The minimum atomic E-state index is 0.695. The van der Waals surface area contributed by atoms with Gasteiger partial charge in [-0.05, 0) is 44.8 Å². The second-order valence-corrected chi connectivity index (χ2v) is 4.38. The lowest BCUT2D eigenvalue weighted by molar-refractivity contribution is 0.745. The molecule has 0 saturated heterocycles. The van der Waals surface area contributed by atoms with Gasteiger partial charge in [-0.25, -0.2) is 0 Å². The monoisotopic (exact) mass is 316 g/mol. The quantitative estimate of drug-likeness (QED) is 0.685. The van der Waals surface area contributed by atoms with Crippen molar-refractivity contribution >= 4 is 31.9 Å². The predicted molar refractivity (Wildman–Crippen MR) is 64.8 cm³/mol. The van der Waals surface area contributed by atoms with Crippen LogP contribution in [0.15, 0.2) is 21.2 Å². The smallest absolute Gasteiger partial charge is 0.0684 e. The molecule has 0 saturated carbocycles. The third-order valence-corrected chi connectivity index (χ3v) is 2.69. The zero-order chi connectivity index (χ0) is 10.4. The fourth-order valence-corrected chi connectivity index (χ4v) is 2.03. The summed E-state index contributed by atoms with van der Waals surface area (Å²) in [4.78, 5) is 4.27. The predicted octanol–water partition coefficient (Wildman–Crippen LogP) is 2.72. The second kappa shape index (κ2) is 6.18. The first-order valence-electron chi connectivity index (χ1n) is 4.14. The van der Waals surface area contributed by atoms with Gasteiger partial charge in [0.15, 0.2) is 0 Å². The molecule has 0 amide bonds. The summed E-state index contributed by atoms with van der Waals surface area (Å²) in [6.07, 6.45) is 1.78. The van der Waals surface area contributed by atoms with Crippen LogP contribution in [-0.4, -0.2) is 11.5 Å². The number of halogens is 2. The minimum absolute atomic E-state index is 0.695. The highest BCUT2D eigenvalue weighted by Gasteiger charge is 2.00. The number of hydrogen-bond donors (Lipinski definition) is 1. The van der Waals surface area contributed by atoms with Crippen LogP contribution in [-0.2, 0) is 6.54 Å². The van der Waals surface area contributed by atoms with E-state index in [0.717, 1.165) is 21.2 Å². The van der Waals surface area contributed by atoms with Gasteiger partial charge in [0, 0.05) is 21.7 Å². The Bertz CT molecular complexity index is 366. The molecule has 1 aromatic heterocycles. The molecule has 0 unspecified atom stereocenters. The third kappa shape index (κ3) is 3.79. The summed E-state index contributed by atoms with van der Waals surface area (Å²) in [5.74, 6) is 5.76. The number of aromatic nitrogens is 1. The standard InChI is InChI=1S/C10H10Br2N2/c1-2-3-4-13-7-10-9(12)5-8(11)6-14-10/h5-6,13H,4,7H2,1H3. The molecule has 4 heteroatoms. The maximum absolute atomic E-state index is 4.27. The molecule has 0 aromatic carbocycles. The average molecular weight is 318 g/mol. The van der Waals surface area contributed by atoms with Crippen molar-refractivity contribution in [2.75, 3.05) is 6.54 Å². The molecule has 74 valence electrons.